The number of carbonyl (C=O) groups is 1. The standard InChI is InChI=1S/C10H22O5.C3H4O2/c1-8(4-11)14-5-9(2)15-7-10(12)6-13-3;1-2-3(4)5/h8-12H,4-7H2,1-3H3;2H,1H2,(H,4,5). The van der Waals surface area contributed by atoms with Gasteiger partial charge in [-0.1, -0.05) is 6.58 Å². The lowest BCUT2D eigenvalue weighted by molar-refractivity contribution is -0.131. The molecule has 0 spiro atoms. The van der Waals surface area contributed by atoms with Gasteiger partial charge in [-0.05, 0) is 13.8 Å². The molecule has 0 amide bonds. The largest absolute Gasteiger partial charge is 0.478 e. The molecule has 3 unspecified atom stereocenters. The van der Waals surface area contributed by atoms with Crippen LogP contribution in [0.5, 0.6) is 0 Å². The molecule has 120 valence electrons. The van der Waals surface area contributed by atoms with Crippen molar-refractivity contribution in [3.63, 3.8) is 0 Å². The highest BCUT2D eigenvalue weighted by molar-refractivity contribution is 5.78. The fraction of sp³-hybridized carbons (Fsp3) is 0.769. The smallest absolute Gasteiger partial charge is 0.327 e. The number of hydrogen-bond acceptors (Lipinski definition) is 6. The zero-order valence-corrected chi connectivity index (χ0v) is 12.3. The number of ether oxygens (including phenoxy) is 3. The van der Waals surface area contributed by atoms with Gasteiger partial charge in [0.2, 0.25) is 0 Å². The molecule has 0 saturated heterocycles. The number of methoxy groups -OCH3 is 1. The Morgan fingerprint density at radius 1 is 1.20 bits per heavy atom. The van der Waals surface area contributed by atoms with Crippen molar-refractivity contribution in [3.8, 4) is 0 Å². The molecule has 0 rings (SSSR count). The summed E-state index contributed by atoms with van der Waals surface area (Å²) in [6, 6.07) is 0. The van der Waals surface area contributed by atoms with Crippen LogP contribution >= 0.6 is 0 Å². The Morgan fingerprint density at radius 2 is 1.70 bits per heavy atom. The first-order valence-corrected chi connectivity index (χ1v) is 6.23. The van der Waals surface area contributed by atoms with Gasteiger partial charge in [0.05, 0.1) is 38.6 Å². The summed E-state index contributed by atoms with van der Waals surface area (Å²) in [7, 11) is 1.53. The van der Waals surface area contributed by atoms with Gasteiger partial charge in [0.1, 0.15) is 6.10 Å². The van der Waals surface area contributed by atoms with Crippen molar-refractivity contribution in [2.45, 2.75) is 32.2 Å². The Hall–Kier alpha value is -0.990. The van der Waals surface area contributed by atoms with Gasteiger partial charge in [0.25, 0.3) is 0 Å². The molecular formula is C13H26O7. The molecule has 0 aromatic heterocycles. The van der Waals surface area contributed by atoms with E-state index in [1.165, 1.54) is 7.11 Å². The number of aliphatic hydroxyl groups is 2. The van der Waals surface area contributed by atoms with Crippen molar-refractivity contribution in [3.05, 3.63) is 12.7 Å². The van der Waals surface area contributed by atoms with Crippen LogP contribution in [0, 0.1) is 0 Å². The fourth-order valence-corrected chi connectivity index (χ4v) is 0.916. The van der Waals surface area contributed by atoms with Crippen LogP contribution in [0.25, 0.3) is 0 Å². The summed E-state index contributed by atoms with van der Waals surface area (Å²) in [6.45, 7) is 7.49. The zero-order chi connectivity index (χ0) is 16.0. The highest BCUT2D eigenvalue weighted by atomic mass is 16.5. The molecule has 0 aliphatic carbocycles. The van der Waals surface area contributed by atoms with Gasteiger partial charge in [0.15, 0.2) is 0 Å². The van der Waals surface area contributed by atoms with Gasteiger partial charge in [-0.25, -0.2) is 4.79 Å². The van der Waals surface area contributed by atoms with Crippen LogP contribution < -0.4 is 0 Å². The first kappa shape index (κ1) is 21.3. The summed E-state index contributed by atoms with van der Waals surface area (Å²) < 4.78 is 15.3. The number of rotatable bonds is 10. The van der Waals surface area contributed by atoms with Gasteiger partial charge in [-0.2, -0.15) is 0 Å². The predicted octanol–water partition coefficient (Wildman–Crippen LogP) is 0.0532. The molecule has 0 bridgehead atoms. The number of carboxylic acid groups (broad SMARTS) is 1. The molecule has 0 aliphatic heterocycles. The fourth-order valence-electron chi connectivity index (χ4n) is 0.916. The summed E-state index contributed by atoms with van der Waals surface area (Å²) >= 11 is 0. The molecule has 7 heteroatoms. The molecule has 3 atom stereocenters. The van der Waals surface area contributed by atoms with Gasteiger partial charge < -0.3 is 29.5 Å². The van der Waals surface area contributed by atoms with Crippen molar-refractivity contribution >= 4 is 5.97 Å². The minimum absolute atomic E-state index is 0.000973. The van der Waals surface area contributed by atoms with Crippen molar-refractivity contribution in [1.82, 2.24) is 0 Å². The average Bonchev–Trinajstić information content (AvgIpc) is 2.43. The lowest BCUT2D eigenvalue weighted by Gasteiger charge is -2.18. The minimum Gasteiger partial charge on any atom is -0.478 e. The van der Waals surface area contributed by atoms with Crippen LogP contribution in [0.1, 0.15) is 13.8 Å². The number of hydrogen-bond donors (Lipinski definition) is 3. The molecule has 7 nitrogen and oxygen atoms in total. The van der Waals surface area contributed by atoms with E-state index < -0.39 is 12.1 Å². The Balaban J connectivity index is 0. The molecule has 3 N–H and O–H groups in total. The molecule has 0 aromatic rings. The van der Waals surface area contributed by atoms with Crippen molar-refractivity contribution in [2.24, 2.45) is 0 Å². The summed E-state index contributed by atoms with van der Waals surface area (Å²) in [4.78, 5) is 9.25. The lowest BCUT2D eigenvalue weighted by atomic mass is 10.4. The van der Waals surface area contributed by atoms with Crippen molar-refractivity contribution in [1.29, 1.82) is 0 Å². The van der Waals surface area contributed by atoms with Gasteiger partial charge in [-0.15, -0.1) is 0 Å². The third-order valence-corrected chi connectivity index (χ3v) is 1.98. The summed E-state index contributed by atoms with van der Waals surface area (Å²) in [6.07, 6.45) is -0.0572. The second kappa shape index (κ2) is 14.4. The van der Waals surface area contributed by atoms with E-state index in [2.05, 4.69) is 6.58 Å². The van der Waals surface area contributed by atoms with E-state index in [0.717, 1.165) is 6.08 Å². The number of aliphatic carboxylic acids is 1. The molecule has 0 heterocycles. The van der Waals surface area contributed by atoms with E-state index in [4.69, 9.17) is 24.4 Å². The van der Waals surface area contributed by atoms with E-state index in [-0.39, 0.29) is 32.0 Å². The quantitative estimate of drug-likeness (QED) is 0.489. The summed E-state index contributed by atoms with van der Waals surface area (Å²) in [5.41, 5.74) is 0. The van der Waals surface area contributed by atoms with Crippen molar-refractivity contribution in [2.75, 3.05) is 33.5 Å². The maximum atomic E-state index is 9.29. The van der Waals surface area contributed by atoms with Gasteiger partial charge >= 0.3 is 5.97 Å². The molecule has 20 heavy (non-hydrogen) atoms. The first-order chi connectivity index (χ1) is 9.37. The van der Waals surface area contributed by atoms with Gasteiger partial charge in [0, 0.05) is 13.2 Å². The maximum Gasteiger partial charge on any atom is 0.327 e. The minimum atomic E-state index is -0.981. The topological polar surface area (TPSA) is 105 Å². The van der Waals surface area contributed by atoms with Crippen LogP contribution in [0.3, 0.4) is 0 Å². The molecule has 0 radical (unpaired) electrons. The highest BCUT2D eigenvalue weighted by Gasteiger charge is 2.09. The third-order valence-electron chi connectivity index (χ3n) is 1.98. The molecule has 0 saturated carbocycles. The molecular weight excluding hydrogens is 268 g/mol. The Kier molecular flexibility index (Phi) is 15.4. The van der Waals surface area contributed by atoms with Crippen LogP contribution in [0.15, 0.2) is 12.7 Å². The SMILES string of the molecule is C=CC(=O)O.COCC(O)COC(C)COC(C)CO. The lowest BCUT2D eigenvalue weighted by Crippen LogP contribution is -2.27. The Morgan fingerprint density at radius 3 is 2.10 bits per heavy atom. The van der Waals surface area contributed by atoms with Crippen LogP contribution in [0.4, 0.5) is 0 Å². The normalized spacial score (nSPS) is 14.7. The average molecular weight is 294 g/mol. The van der Waals surface area contributed by atoms with E-state index in [9.17, 15) is 9.90 Å². The van der Waals surface area contributed by atoms with Crippen molar-refractivity contribution < 1.29 is 34.3 Å². The second-order valence-corrected chi connectivity index (χ2v) is 4.12. The molecule has 0 aliphatic rings. The van der Waals surface area contributed by atoms with Crippen LogP contribution in [-0.2, 0) is 19.0 Å². The molecule has 0 fully saturated rings. The number of aliphatic hydroxyl groups excluding tert-OH is 2. The predicted molar refractivity (Wildman–Crippen MR) is 73.6 cm³/mol. The number of carboxylic acids is 1. The van der Waals surface area contributed by atoms with E-state index in [1.807, 2.05) is 6.92 Å². The first-order valence-electron chi connectivity index (χ1n) is 6.23. The van der Waals surface area contributed by atoms with Gasteiger partial charge in [-0.3, -0.25) is 0 Å². The third kappa shape index (κ3) is 17.0. The zero-order valence-electron chi connectivity index (χ0n) is 12.3. The van der Waals surface area contributed by atoms with E-state index in [0.29, 0.717) is 6.61 Å². The van der Waals surface area contributed by atoms with Crippen LogP contribution in [0.2, 0.25) is 0 Å². The summed E-state index contributed by atoms with van der Waals surface area (Å²) in [5.74, 6) is -0.981. The monoisotopic (exact) mass is 294 g/mol. The second-order valence-electron chi connectivity index (χ2n) is 4.12. The van der Waals surface area contributed by atoms with E-state index >= 15 is 0 Å². The highest BCUT2D eigenvalue weighted by Crippen LogP contribution is 1.98. The Bertz CT molecular complexity index is 245. The van der Waals surface area contributed by atoms with E-state index in [1.54, 1.807) is 6.92 Å². The molecule has 0 aromatic carbocycles. The maximum absolute atomic E-state index is 9.29. The summed E-state index contributed by atoms with van der Waals surface area (Å²) in [5, 5.41) is 25.6. The Labute approximate surface area is 119 Å². The van der Waals surface area contributed by atoms with Crippen LogP contribution in [-0.4, -0.2) is 73.1 Å².